The van der Waals surface area contributed by atoms with E-state index in [0.717, 1.165) is 29.0 Å². The highest BCUT2D eigenvalue weighted by Gasteiger charge is 2.28. The van der Waals surface area contributed by atoms with Crippen LogP contribution in [-0.4, -0.2) is 24.9 Å². The average molecular weight is 413 g/mol. The second-order valence-electron chi connectivity index (χ2n) is 7.17. The van der Waals surface area contributed by atoms with E-state index in [1.807, 2.05) is 36.4 Å². The molecule has 0 saturated heterocycles. The Bertz CT molecular complexity index is 967. The van der Waals surface area contributed by atoms with Gasteiger partial charge in [-0.1, -0.05) is 48.3 Å². The van der Waals surface area contributed by atoms with Crippen molar-refractivity contribution < 1.29 is 9.59 Å². The van der Waals surface area contributed by atoms with Crippen LogP contribution in [0.5, 0.6) is 0 Å². The molecule has 4 rings (SSSR count). The lowest BCUT2D eigenvalue weighted by Gasteiger charge is -2.27. The molecule has 1 aliphatic carbocycles. The number of nitrogens with one attached hydrogen (secondary N) is 1. The maximum absolute atomic E-state index is 12.8. The van der Waals surface area contributed by atoms with E-state index >= 15 is 0 Å². The third kappa shape index (κ3) is 3.96. The molecule has 2 aromatic carbocycles. The fraction of sp³-hybridized carbons (Fsp3) is 0.273. The molecule has 144 valence electrons. The Kier molecular flexibility index (Phi) is 5.47. The number of carbonyl (C=O) groups is 2. The third-order valence-corrected chi connectivity index (χ3v) is 6.47. The zero-order valence-electron chi connectivity index (χ0n) is 15.6. The van der Waals surface area contributed by atoms with Crippen LogP contribution in [0.3, 0.4) is 0 Å². The molecule has 0 unspecified atom stereocenters. The van der Waals surface area contributed by atoms with Gasteiger partial charge in [-0.25, -0.2) is 0 Å². The number of anilines is 1. The minimum Gasteiger partial charge on any atom is -0.349 e. The van der Waals surface area contributed by atoms with Crippen LogP contribution < -0.4 is 10.2 Å². The molecule has 0 bridgehead atoms. The minimum absolute atomic E-state index is 0.0687. The Morgan fingerprint density at radius 3 is 2.75 bits per heavy atom. The summed E-state index contributed by atoms with van der Waals surface area (Å²) in [5, 5.41) is 3.74. The van der Waals surface area contributed by atoms with Gasteiger partial charge in [0, 0.05) is 28.6 Å². The van der Waals surface area contributed by atoms with Crippen LogP contribution in [0.4, 0.5) is 5.69 Å². The van der Waals surface area contributed by atoms with E-state index in [1.165, 1.54) is 24.6 Å². The van der Waals surface area contributed by atoms with Crippen molar-refractivity contribution in [2.24, 2.45) is 0 Å². The van der Waals surface area contributed by atoms with Gasteiger partial charge >= 0.3 is 0 Å². The van der Waals surface area contributed by atoms with Crippen molar-refractivity contribution in [2.75, 3.05) is 11.9 Å². The van der Waals surface area contributed by atoms with E-state index in [-0.39, 0.29) is 17.9 Å². The summed E-state index contributed by atoms with van der Waals surface area (Å²) < 4.78 is 0. The van der Waals surface area contributed by atoms with Crippen LogP contribution >= 0.6 is 23.4 Å². The first kappa shape index (κ1) is 19.1. The van der Waals surface area contributed by atoms with Crippen molar-refractivity contribution in [1.29, 1.82) is 0 Å². The number of carbonyl (C=O) groups excluding carboxylic acids is 2. The van der Waals surface area contributed by atoms with Crippen molar-refractivity contribution in [2.45, 2.75) is 36.6 Å². The summed E-state index contributed by atoms with van der Waals surface area (Å²) in [5.74, 6) is -0.161. The predicted molar refractivity (Wildman–Crippen MR) is 115 cm³/mol. The standard InChI is InChI=1S/C22H21ClN2O2S/c1-25-18-13-15(21(26)24-17-7-2-3-8-17)9-10-19(18)28-20(22(25)27)12-14-5-4-6-16(23)11-14/h4-6,9-13,17H,2-3,7-8H2,1H3,(H,24,26)/b20-12-. The van der Waals surface area contributed by atoms with Crippen molar-refractivity contribution >= 4 is 46.9 Å². The molecule has 0 aromatic heterocycles. The number of benzene rings is 2. The van der Waals surface area contributed by atoms with E-state index in [2.05, 4.69) is 5.32 Å². The molecule has 1 heterocycles. The van der Waals surface area contributed by atoms with Gasteiger partial charge < -0.3 is 10.2 Å². The molecule has 2 aromatic rings. The van der Waals surface area contributed by atoms with Gasteiger partial charge in [0.2, 0.25) is 0 Å². The molecule has 2 amide bonds. The van der Waals surface area contributed by atoms with Crippen molar-refractivity contribution in [3.8, 4) is 0 Å². The molecular formula is C22H21ClN2O2S. The Morgan fingerprint density at radius 1 is 1.21 bits per heavy atom. The zero-order chi connectivity index (χ0) is 19.7. The molecule has 28 heavy (non-hydrogen) atoms. The average Bonchev–Trinajstić information content (AvgIpc) is 3.19. The Hall–Kier alpha value is -2.24. The highest BCUT2D eigenvalue weighted by Crippen LogP contribution is 2.42. The molecule has 1 saturated carbocycles. The minimum atomic E-state index is -0.0918. The van der Waals surface area contributed by atoms with Crippen molar-refractivity contribution in [1.82, 2.24) is 5.32 Å². The summed E-state index contributed by atoms with van der Waals surface area (Å²) in [6, 6.07) is 13.2. The number of hydrogen-bond donors (Lipinski definition) is 1. The second-order valence-corrected chi connectivity index (χ2v) is 8.69. The predicted octanol–water partition coefficient (Wildman–Crippen LogP) is 5.12. The first-order chi connectivity index (χ1) is 13.5. The molecule has 1 aliphatic heterocycles. The zero-order valence-corrected chi connectivity index (χ0v) is 17.1. The Labute approximate surface area is 173 Å². The fourth-order valence-corrected chi connectivity index (χ4v) is 4.91. The summed E-state index contributed by atoms with van der Waals surface area (Å²) in [4.78, 5) is 28.6. The van der Waals surface area contributed by atoms with E-state index in [1.54, 1.807) is 24.1 Å². The van der Waals surface area contributed by atoms with Crippen LogP contribution in [0.1, 0.15) is 41.6 Å². The molecule has 4 nitrogen and oxygen atoms in total. The maximum atomic E-state index is 12.8. The number of thioether (sulfide) groups is 1. The highest BCUT2D eigenvalue weighted by molar-refractivity contribution is 8.04. The van der Waals surface area contributed by atoms with E-state index in [4.69, 9.17) is 11.6 Å². The van der Waals surface area contributed by atoms with Gasteiger partial charge in [-0.2, -0.15) is 0 Å². The van der Waals surface area contributed by atoms with Gasteiger partial charge in [-0.05, 0) is 54.8 Å². The number of hydrogen-bond acceptors (Lipinski definition) is 3. The van der Waals surface area contributed by atoms with Gasteiger partial charge in [-0.3, -0.25) is 9.59 Å². The lowest BCUT2D eigenvalue weighted by atomic mass is 10.1. The Balaban J connectivity index is 1.59. The smallest absolute Gasteiger partial charge is 0.264 e. The van der Waals surface area contributed by atoms with Gasteiger partial charge in [0.15, 0.2) is 0 Å². The molecule has 1 fully saturated rings. The number of amides is 2. The molecule has 0 radical (unpaired) electrons. The first-order valence-electron chi connectivity index (χ1n) is 9.39. The quantitative estimate of drug-likeness (QED) is 0.711. The van der Waals surface area contributed by atoms with Crippen LogP contribution in [0.2, 0.25) is 5.02 Å². The van der Waals surface area contributed by atoms with Crippen molar-refractivity contribution in [3.05, 3.63) is 63.5 Å². The summed E-state index contributed by atoms with van der Waals surface area (Å²) in [7, 11) is 1.74. The fourth-order valence-electron chi connectivity index (χ4n) is 3.62. The normalized spacial score (nSPS) is 18.4. The lowest BCUT2D eigenvalue weighted by molar-refractivity contribution is -0.114. The van der Waals surface area contributed by atoms with E-state index in [9.17, 15) is 9.59 Å². The number of rotatable bonds is 3. The van der Waals surface area contributed by atoms with Crippen molar-refractivity contribution in [3.63, 3.8) is 0 Å². The summed E-state index contributed by atoms with van der Waals surface area (Å²) in [6.45, 7) is 0. The second kappa shape index (κ2) is 8.02. The SMILES string of the molecule is CN1C(=O)/C(=C/c2cccc(Cl)c2)Sc2ccc(C(=O)NC3CCCC3)cc21. The molecule has 1 N–H and O–H groups in total. The number of likely N-dealkylation sites (N-methyl/N-ethyl adjacent to an activating group) is 1. The summed E-state index contributed by atoms with van der Waals surface area (Å²) in [5.41, 5.74) is 2.23. The molecule has 0 atom stereocenters. The van der Waals surface area contributed by atoms with Gasteiger partial charge in [0.05, 0.1) is 10.6 Å². The Morgan fingerprint density at radius 2 is 2.00 bits per heavy atom. The third-order valence-electron chi connectivity index (χ3n) is 5.15. The van der Waals surface area contributed by atoms with Gasteiger partial charge in [0.1, 0.15) is 0 Å². The van der Waals surface area contributed by atoms with Crippen LogP contribution in [0, 0.1) is 0 Å². The maximum Gasteiger partial charge on any atom is 0.264 e. The largest absolute Gasteiger partial charge is 0.349 e. The molecular weight excluding hydrogens is 392 g/mol. The number of fused-ring (bicyclic) bond motifs is 1. The summed E-state index contributed by atoms with van der Waals surface area (Å²) in [6.07, 6.45) is 6.28. The van der Waals surface area contributed by atoms with E-state index in [0.29, 0.717) is 15.5 Å². The topological polar surface area (TPSA) is 49.4 Å². The highest BCUT2D eigenvalue weighted by atomic mass is 35.5. The van der Waals surface area contributed by atoms with Crippen LogP contribution in [-0.2, 0) is 4.79 Å². The molecule has 6 heteroatoms. The first-order valence-corrected chi connectivity index (χ1v) is 10.6. The summed E-state index contributed by atoms with van der Waals surface area (Å²) >= 11 is 7.47. The van der Waals surface area contributed by atoms with Gasteiger partial charge in [0.25, 0.3) is 11.8 Å². The lowest BCUT2D eigenvalue weighted by Crippen LogP contribution is -2.33. The van der Waals surface area contributed by atoms with Gasteiger partial charge in [-0.15, -0.1) is 0 Å². The number of nitrogens with zero attached hydrogens (tertiary/aromatic N) is 1. The monoisotopic (exact) mass is 412 g/mol. The van der Waals surface area contributed by atoms with Crippen LogP contribution in [0.25, 0.3) is 6.08 Å². The number of halogens is 1. The van der Waals surface area contributed by atoms with E-state index < -0.39 is 0 Å². The van der Waals surface area contributed by atoms with Crippen LogP contribution in [0.15, 0.2) is 52.3 Å². The molecule has 0 spiro atoms. The molecule has 2 aliphatic rings.